The van der Waals surface area contributed by atoms with Crippen LogP contribution in [0.4, 0.5) is 5.69 Å². The van der Waals surface area contributed by atoms with E-state index >= 15 is 0 Å². The lowest BCUT2D eigenvalue weighted by molar-refractivity contribution is -0.138. The maximum absolute atomic E-state index is 12.1. The first kappa shape index (κ1) is 30.3. The van der Waals surface area contributed by atoms with Gasteiger partial charge in [-0.05, 0) is 60.4 Å². The van der Waals surface area contributed by atoms with Gasteiger partial charge in [-0.25, -0.2) is 4.79 Å². The number of carbonyl (C=O) groups is 1. The summed E-state index contributed by atoms with van der Waals surface area (Å²) >= 11 is 0. The fraction of sp³-hybridized carbons (Fsp3) is 0.212. The molecule has 4 aromatic rings. The van der Waals surface area contributed by atoms with Gasteiger partial charge in [-0.1, -0.05) is 90.1 Å². The molecule has 0 saturated heterocycles. The van der Waals surface area contributed by atoms with E-state index in [1.165, 1.54) is 5.56 Å². The van der Waals surface area contributed by atoms with Crippen LogP contribution in [0.3, 0.4) is 0 Å². The smallest absolute Gasteiger partial charge is 0.326 e. The minimum atomic E-state index is -0.846. The van der Waals surface area contributed by atoms with E-state index in [4.69, 9.17) is 9.57 Å². The molecular formula is C33H35ClN2O4. The molecule has 40 heavy (non-hydrogen) atoms. The van der Waals surface area contributed by atoms with E-state index in [-0.39, 0.29) is 12.4 Å². The molecule has 6 nitrogen and oxygen atoms in total. The molecular weight excluding hydrogens is 524 g/mol. The van der Waals surface area contributed by atoms with Gasteiger partial charge in [-0.3, -0.25) is 0 Å². The van der Waals surface area contributed by atoms with Crippen molar-refractivity contribution in [2.45, 2.75) is 26.3 Å². The molecule has 0 aliphatic rings. The van der Waals surface area contributed by atoms with Crippen LogP contribution in [0.5, 0.6) is 5.75 Å². The number of para-hydroxylation sites is 1. The van der Waals surface area contributed by atoms with E-state index in [0.717, 1.165) is 28.1 Å². The first-order valence-electron chi connectivity index (χ1n) is 13.1. The molecule has 1 unspecified atom stereocenters. The fourth-order valence-electron chi connectivity index (χ4n) is 4.40. The average molecular weight is 559 g/mol. The normalized spacial score (nSPS) is 11.7. The van der Waals surface area contributed by atoms with Crippen LogP contribution in [0.15, 0.2) is 114 Å². The van der Waals surface area contributed by atoms with E-state index in [2.05, 4.69) is 29.4 Å². The van der Waals surface area contributed by atoms with E-state index in [1.54, 1.807) is 0 Å². The molecule has 0 saturated carbocycles. The lowest BCUT2D eigenvalue weighted by atomic mass is 10.0. The highest BCUT2D eigenvalue weighted by molar-refractivity contribution is 5.98. The summed E-state index contributed by atoms with van der Waals surface area (Å²) in [6.07, 6.45) is 0.391. The van der Waals surface area contributed by atoms with E-state index < -0.39 is 12.0 Å². The summed E-state index contributed by atoms with van der Waals surface area (Å²) < 4.78 is 5.78. The molecule has 0 spiro atoms. The highest BCUT2D eigenvalue weighted by Gasteiger charge is 2.25. The Kier molecular flexibility index (Phi) is 11.6. The van der Waals surface area contributed by atoms with Crippen molar-refractivity contribution >= 4 is 29.8 Å². The third-order valence-electron chi connectivity index (χ3n) is 6.50. The van der Waals surface area contributed by atoms with Gasteiger partial charge in [0.2, 0.25) is 0 Å². The topological polar surface area (TPSA) is 71.4 Å². The molecule has 0 aliphatic carbocycles. The first-order chi connectivity index (χ1) is 19.0. The minimum Gasteiger partial charge on any atom is -0.490 e. The number of nitrogens with zero attached hydrogens (tertiary/aromatic N) is 2. The lowest BCUT2D eigenvalue weighted by Crippen LogP contribution is -2.42. The van der Waals surface area contributed by atoms with Gasteiger partial charge in [0, 0.05) is 18.7 Å². The molecule has 7 heteroatoms. The van der Waals surface area contributed by atoms with Crippen molar-refractivity contribution in [2.75, 3.05) is 24.7 Å². The Balaban J connectivity index is 0.00000441. The monoisotopic (exact) mass is 558 g/mol. The second-order valence-corrected chi connectivity index (χ2v) is 9.13. The second kappa shape index (κ2) is 15.3. The van der Waals surface area contributed by atoms with Crippen molar-refractivity contribution in [3.63, 3.8) is 0 Å². The summed E-state index contributed by atoms with van der Waals surface area (Å²) in [5, 5.41) is 14.1. The zero-order valence-corrected chi connectivity index (χ0v) is 23.6. The summed E-state index contributed by atoms with van der Waals surface area (Å²) in [5.74, 6) is -0.150. The van der Waals surface area contributed by atoms with E-state index in [0.29, 0.717) is 31.9 Å². The Morgan fingerprint density at radius 3 is 2.02 bits per heavy atom. The Labute approximate surface area is 242 Å². The molecule has 1 atom stereocenters. The number of ether oxygens (including phenoxy) is 1. The molecule has 4 rings (SSSR count). The summed E-state index contributed by atoms with van der Waals surface area (Å²) in [6.45, 7) is 5.14. The maximum atomic E-state index is 12.1. The number of anilines is 1. The quantitative estimate of drug-likeness (QED) is 0.107. The third-order valence-corrected chi connectivity index (χ3v) is 6.50. The number of carboxylic acid groups (broad SMARTS) is 1. The molecule has 208 valence electrons. The Morgan fingerprint density at radius 2 is 1.43 bits per heavy atom. The standard InChI is InChI=1S/C33H34N2O4.ClH/c1-3-35(30-12-8-5-9-13-30)32(33(36)37)24-26-14-20-31(21-15-26)38-22-23-39-34-25(2)27-16-18-29(19-17-27)28-10-6-4-7-11-28;/h4-21,32H,3,22-24H2,1-2H3,(H,36,37);1H/b34-25+;. The predicted octanol–water partition coefficient (Wildman–Crippen LogP) is 7.12. The SMILES string of the molecule is CCN(c1ccccc1)C(Cc1ccc(OCCO/N=C(\C)c2ccc(-c3ccccc3)cc2)cc1)C(=O)O.Cl. The van der Waals surface area contributed by atoms with Crippen LogP contribution < -0.4 is 9.64 Å². The van der Waals surface area contributed by atoms with Gasteiger partial charge in [0.05, 0.1) is 5.71 Å². The Bertz CT molecular complexity index is 1350. The number of oxime groups is 1. The zero-order valence-electron chi connectivity index (χ0n) is 22.8. The van der Waals surface area contributed by atoms with Crippen LogP contribution in [0.1, 0.15) is 25.0 Å². The number of hydrogen-bond donors (Lipinski definition) is 1. The third kappa shape index (κ3) is 8.35. The van der Waals surface area contributed by atoms with Crippen molar-refractivity contribution in [3.05, 3.63) is 120 Å². The minimum absolute atomic E-state index is 0. The van der Waals surface area contributed by atoms with Gasteiger partial charge >= 0.3 is 5.97 Å². The Hall–Kier alpha value is -4.29. The number of carboxylic acids is 1. The summed E-state index contributed by atoms with van der Waals surface area (Å²) in [7, 11) is 0. The van der Waals surface area contributed by atoms with Gasteiger partial charge < -0.3 is 19.6 Å². The largest absolute Gasteiger partial charge is 0.490 e. The number of aliphatic carboxylic acids is 1. The van der Waals surface area contributed by atoms with Crippen LogP contribution in [-0.4, -0.2) is 42.6 Å². The van der Waals surface area contributed by atoms with Crippen molar-refractivity contribution in [3.8, 4) is 16.9 Å². The highest BCUT2D eigenvalue weighted by atomic mass is 35.5. The number of benzene rings is 4. The molecule has 0 radical (unpaired) electrons. The molecule has 4 aromatic carbocycles. The van der Waals surface area contributed by atoms with Gasteiger partial charge in [0.15, 0.2) is 6.61 Å². The molecule has 0 fully saturated rings. The van der Waals surface area contributed by atoms with Crippen LogP contribution in [0.25, 0.3) is 11.1 Å². The van der Waals surface area contributed by atoms with Crippen molar-refractivity contribution in [2.24, 2.45) is 5.16 Å². The van der Waals surface area contributed by atoms with E-state index in [9.17, 15) is 9.90 Å². The second-order valence-electron chi connectivity index (χ2n) is 9.13. The highest BCUT2D eigenvalue weighted by Crippen LogP contribution is 2.21. The molecule has 0 amide bonds. The first-order valence-corrected chi connectivity index (χ1v) is 13.1. The zero-order chi connectivity index (χ0) is 27.5. The number of rotatable bonds is 13. The fourth-order valence-corrected chi connectivity index (χ4v) is 4.40. The Morgan fingerprint density at radius 1 is 0.825 bits per heavy atom. The van der Waals surface area contributed by atoms with Gasteiger partial charge in [0.25, 0.3) is 0 Å². The molecule has 1 N–H and O–H groups in total. The summed E-state index contributed by atoms with van der Waals surface area (Å²) in [6, 6.07) is 35.0. The van der Waals surface area contributed by atoms with Crippen LogP contribution >= 0.6 is 12.4 Å². The van der Waals surface area contributed by atoms with Gasteiger partial charge in [0.1, 0.15) is 18.4 Å². The van der Waals surface area contributed by atoms with Crippen molar-refractivity contribution in [1.82, 2.24) is 0 Å². The van der Waals surface area contributed by atoms with Gasteiger partial charge in [-0.15, -0.1) is 12.4 Å². The maximum Gasteiger partial charge on any atom is 0.326 e. The predicted molar refractivity (Wildman–Crippen MR) is 164 cm³/mol. The molecule has 0 aliphatic heterocycles. The van der Waals surface area contributed by atoms with Crippen LogP contribution in [0.2, 0.25) is 0 Å². The number of hydrogen-bond acceptors (Lipinski definition) is 5. The van der Waals surface area contributed by atoms with Gasteiger partial charge in [-0.2, -0.15) is 0 Å². The van der Waals surface area contributed by atoms with Crippen molar-refractivity contribution < 1.29 is 19.5 Å². The summed E-state index contributed by atoms with van der Waals surface area (Å²) in [5.41, 5.74) is 5.96. The molecule has 0 aromatic heterocycles. The van der Waals surface area contributed by atoms with Crippen LogP contribution in [-0.2, 0) is 16.1 Å². The molecule has 0 bridgehead atoms. The van der Waals surface area contributed by atoms with Crippen molar-refractivity contribution in [1.29, 1.82) is 0 Å². The molecule has 0 heterocycles. The average Bonchev–Trinajstić information content (AvgIpc) is 2.98. The lowest BCUT2D eigenvalue weighted by Gasteiger charge is -2.30. The van der Waals surface area contributed by atoms with E-state index in [1.807, 2.05) is 104 Å². The summed E-state index contributed by atoms with van der Waals surface area (Å²) in [4.78, 5) is 19.4. The number of likely N-dealkylation sites (N-methyl/N-ethyl adjacent to an activating group) is 1. The van der Waals surface area contributed by atoms with Crippen LogP contribution in [0, 0.1) is 0 Å². The number of halogens is 1.